The highest BCUT2D eigenvalue weighted by Crippen LogP contribution is 2.47. The van der Waals surface area contributed by atoms with Gasteiger partial charge in [-0.1, -0.05) is 12.8 Å². The molecule has 0 radical (unpaired) electrons. The van der Waals surface area contributed by atoms with Crippen LogP contribution in [-0.4, -0.2) is 43.0 Å². The van der Waals surface area contributed by atoms with Gasteiger partial charge in [-0.25, -0.2) is 0 Å². The van der Waals surface area contributed by atoms with Gasteiger partial charge in [-0.2, -0.15) is 0 Å². The van der Waals surface area contributed by atoms with Gasteiger partial charge >= 0.3 is 0 Å². The molecule has 0 aromatic carbocycles. The third kappa shape index (κ3) is 2.29. The van der Waals surface area contributed by atoms with Crippen LogP contribution in [0.25, 0.3) is 0 Å². The lowest BCUT2D eigenvalue weighted by atomic mass is 9.85. The summed E-state index contributed by atoms with van der Waals surface area (Å²) in [4.78, 5) is 14.5. The minimum absolute atomic E-state index is 0.162. The number of hydrogen-bond acceptors (Lipinski definition) is 3. The van der Waals surface area contributed by atoms with Crippen LogP contribution in [0.3, 0.4) is 0 Å². The van der Waals surface area contributed by atoms with Crippen molar-refractivity contribution in [3.05, 3.63) is 0 Å². The summed E-state index contributed by atoms with van der Waals surface area (Å²) in [5, 5.41) is 3.27. The zero-order valence-electron chi connectivity index (χ0n) is 12.1. The molecule has 2 aliphatic carbocycles. The van der Waals surface area contributed by atoms with E-state index in [0.717, 1.165) is 25.9 Å². The fourth-order valence-corrected chi connectivity index (χ4v) is 4.44. The summed E-state index contributed by atoms with van der Waals surface area (Å²) in [7, 11) is 1.89. The average molecular weight is 265 g/mol. The van der Waals surface area contributed by atoms with E-state index in [9.17, 15) is 4.79 Å². The second-order valence-electron chi connectivity index (χ2n) is 7.03. The van der Waals surface area contributed by atoms with Gasteiger partial charge < -0.3 is 16.0 Å². The summed E-state index contributed by atoms with van der Waals surface area (Å²) in [6.45, 7) is 3.13. The fraction of sp³-hybridized carbons (Fsp3) is 0.933. The Kier molecular flexibility index (Phi) is 3.34. The maximum Gasteiger partial charge on any atom is 0.239 e. The third-order valence-corrected chi connectivity index (χ3v) is 5.81. The Morgan fingerprint density at radius 3 is 2.58 bits per heavy atom. The summed E-state index contributed by atoms with van der Waals surface area (Å²) in [5.41, 5.74) is 5.81. The largest absolute Gasteiger partial charge is 0.368 e. The quantitative estimate of drug-likeness (QED) is 0.783. The van der Waals surface area contributed by atoms with Crippen molar-refractivity contribution in [2.75, 3.05) is 26.7 Å². The molecule has 1 spiro atoms. The molecule has 4 heteroatoms. The molecule has 1 heterocycles. The first-order valence-corrected chi connectivity index (χ1v) is 7.81. The van der Waals surface area contributed by atoms with Crippen LogP contribution in [0.4, 0.5) is 0 Å². The van der Waals surface area contributed by atoms with Crippen LogP contribution >= 0.6 is 0 Å². The topological polar surface area (TPSA) is 58.4 Å². The van der Waals surface area contributed by atoms with Crippen molar-refractivity contribution in [3.63, 3.8) is 0 Å². The van der Waals surface area contributed by atoms with Gasteiger partial charge in [0.1, 0.15) is 5.54 Å². The van der Waals surface area contributed by atoms with Crippen LogP contribution in [0.1, 0.15) is 44.9 Å². The smallest absolute Gasteiger partial charge is 0.239 e. The Labute approximate surface area is 116 Å². The average Bonchev–Trinajstić information content (AvgIpc) is 3.03. The molecule has 108 valence electrons. The molecular formula is C15H27N3O. The molecule has 3 rings (SSSR count). The van der Waals surface area contributed by atoms with Crippen LogP contribution in [0.5, 0.6) is 0 Å². The van der Waals surface area contributed by atoms with Gasteiger partial charge in [0.15, 0.2) is 0 Å². The summed E-state index contributed by atoms with van der Waals surface area (Å²) < 4.78 is 0. The molecule has 1 amide bonds. The van der Waals surface area contributed by atoms with Crippen molar-refractivity contribution in [1.29, 1.82) is 0 Å². The Morgan fingerprint density at radius 1 is 1.37 bits per heavy atom. The number of carbonyl (C=O) groups excluding carboxylic acids is 1. The number of nitrogens with zero attached hydrogens (tertiary/aromatic N) is 1. The molecule has 3 aliphatic rings. The van der Waals surface area contributed by atoms with Crippen LogP contribution in [0.2, 0.25) is 0 Å². The van der Waals surface area contributed by atoms with E-state index in [0.29, 0.717) is 11.3 Å². The first-order chi connectivity index (χ1) is 9.10. The molecular weight excluding hydrogens is 238 g/mol. The summed E-state index contributed by atoms with van der Waals surface area (Å²) >= 11 is 0. The molecule has 1 atom stereocenters. The number of primary amides is 1. The number of rotatable bonds is 5. The van der Waals surface area contributed by atoms with Gasteiger partial charge in [0.05, 0.1) is 0 Å². The number of hydrogen-bond donors (Lipinski definition) is 2. The molecule has 0 bridgehead atoms. The zero-order valence-corrected chi connectivity index (χ0v) is 12.1. The van der Waals surface area contributed by atoms with E-state index in [1.165, 1.54) is 38.6 Å². The van der Waals surface area contributed by atoms with Crippen molar-refractivity contribution in [3.8, 4) is 0 Å². The van der Waals surface area contributed by atoms with E-state index in [1.54, 1.807) is 0 Å². The molecule has 0 aromatic rings. The van der Waals surface area contributed by atoms with Crippen LogP contribution in [0.15, 0.2) is 0 Å². The Bertz CT molecular complexity index is 360. The lowest BCUT2D eigenvalue weighted by Crippen LogP contribution is -2.62. The second-order valence-corrected chi connectivity index (χ2v) is 7.03. The van der Waals surface area contributed by atoms with Crippen molar-refractivity contribution >= 4 is 5.91 Å². The van der Waals surface area contributed by atoms with Crippen LogP contribution < -0.4 is 11.1 Å². The van der Waals surface area contributed by atoms with Crippen molar-refractivity contribution in [2.24, 2.45) is 17.1 Å². The molecule has 1 aliphatic heterocycles. The van der Waals surface area contributed by atoms with Gasteiger partial charge in [-0.05, 0) is 57.0 Å². The first kappa shape index (κ1) is 13.4. The maximum atomic E-state index is 12.0. The monoisotopic (exact) mass is 265 g/mol. The van der Waals surface area contributed by atoms with E-state index >= 15 is 0 Å². The highest BCUT2D eigenvalue weighted by atomic mass is 16.1. The van der Waals surface area contributed by atoms with Crippen LogP contribution in [-0.2, 0) is 4.79 Å². The predicted molar refractivity (Wildman–Crippen MR) is 75.7 cm³/mol. The second kappa shape index (κ2) is 4.74. The van der Waals surface area contributed by atoms with Gasteiger partial charge in [-0.15, -0.1) is 0 Å². The van der Waals surface area contributed by atoms with Crippen molar-refractivity contribution < 1.29 is 4.79 Å². The molecule has 1 unspecified atom stereocenters. The van der Waals surface area contributed by atoms with Gasteiger partial charge in [0, 0.05) is 13.1 Å². The molecule has 3 fully saturated rings. The zero-order chi connectivity index (χ0) is 13.5. The van der Waals surface area contributed by atoms with Crippen LogP contribution in [0, 0.1) is 11.3 Å². The number of amides is 1. The van der Waals surface area contributed by atoms with E-state index in [-0.39, 0.29) is 5.91 Å². The van der Waals surface area contributed by atoms with E-state index in [4.69, 9.17) is 5.73 Å². The van der Waals surface area contributed by atoms with Gasteiger partial charge in [-0.3, -0.25) is 4.79 Å². The molecule has 0 aromatic heterocycles. The summed E-state index contributed by atoms with van der Waals surface area (Å²) in [5.74, 6) is 0.292. The Hall–Kier alpha value is -0.610. The number of nitrogens with one attached hydrogen (secondary N) is 1. The maximum absolute atomic E-state index is 12.0. The highest BCUT2D eigenvalue weighted by molar-refractivity contribution is 5.86. The standard InChI is InChI=1S/C15H27N3O/c1-17-15(13(16)19,12-4-5-12)11-18-9-8-14(10-18)6-2-3-7-14/h12,17H,2-11H2,1H3,(H2,16,19). The fourth-order valence-electron chi connectivity index (χ4n) is 4.44. The van der Waals surface area contributed by atoms with Gasteiger partial charge in [0.2, 0.25) is 5.91 Å². The number of likely N-dealkylation sites (tertiary alicyclic amines) is 1. The number of nitrogens with two attached hydrogens (primary N) is 1. The first-order valence-electron chi connectivity index (χ1n) is 7.81. The molecule has 1 saturated heterocycles. The molecule has 2 saturated carbocycles. The highest BCUT2D eigenvalue weighted by Gasteiger charge is 2.51. The lowest BCUT2D eigenvalue weighted by Gasteiger charge is -2.35. The van der Waals surface area contributed by atoms with Gasteiger partial charge in [0.25, 0.3) is 0 Å². The molecule has 3 N–H and O–H groups in total. The predicted octanol–water partition coefficient (Wildman–Crippen LogP) is 1.11. The minimum Gasteiger partial charge on any atom is -0.368 e. The normalized spacial score (nSPS) is 29.7. The molecule has 19 heavy (non-hydrogen) atoms. The molecule has 4 nitrogen and oxygen atoms in total. The number of carbonyl (C=O) groups is 1. The Balaban J connectivity index is 1.68. The minimum atomic E-state index is -0.482. The third-order valence-electron chi connectivity index (χ3n) is 5.81. The SMILES string of the molecule is CNC(CN1CCC2(CCCC2)C1)(C(N)=O)C1CC1. The lowest BCUT2D eigenvalue weighted by molar-refractivity contribution is -0.126. The Morgan fingerprint density at radius 2 is 2.05 bits per heavy atom. The van der Waals surface area contributed by atoms with Crippen molar-refractivity contribution in [2.45, 2.75) is 50.5 Å². The van der Waals surface area contributed by atoms with E-state index in [1.807, 2.05) is 7.05 Å². The number of likely N-dealkylation sites (N-methyl/N-ethyl adjacent to an activating group) is 1. The summed E-state index contributed by atoms with van der Waals surface area (Å²) in [6.07, 6.45) is 9.15. The summed E-state index contributed by atoms with van der Waals surface area (Å²) in [6, 6.07) is 0. The van der Waals surface area contributed by atoms with E-state index in [2.05, 4.69) is 10.2 Å². The van der Waals surface area contributed by atoms with Crippen molar-refractivity contribution in [1.82, 2.24) is 10.2 Å². The van der Waals surface area contributed by atoms with E-state index < -0.39 is 5.54 Å².